The van der Waals surface area contributed by atoms with Crippen LogP contribution in [0, 0.1) is 0 Å². The van der Waals surface area contributed by atoms with Crippen LogP contribution >= 0.6 is 27.7 Å². The van der Waals surface area contributed by atoms with Crippen LogP contribution in [0.15, 0.2) is 93.9 Å². The number of hydrogen-bond acceptors (Lipinski definition) is 6. The number of nitrogens with one attached hydrogen (secondary N) is 1. The lowest BCUT2D eigenvalue weighted by Crippen LogP contribution is -2.21. The van der Waals surface area contributed by atoms with Crippen LogP contribution in [0.1, 0.15) is 12.5 Å². The molecule has 2 aromatic carbocycles. The summed E-state index contributed by atoms with van der Waals surface area (Å²) in [6.07, 6.45) is 3.39. The molecule has 0 bridgehead atoms. The number of amides is 1. The molecule has 4 aromatic rings. The van der Waals surface area contributed by atoms with Gasteiger partial charge in [0.05, 0.1) is 11.5 Å². The van der Waals surface area contributed by atoms with Crippen molar-refractivity contribution < 1.29 is 4.79 Å². The number of hydrogen-bond donors (Lipinski definition) is 1. The molecule has 0 saturated heterocycles. The first-order chi connectivity index (χ1) is 15.6. The van der Waals surface area contributed by atoms with Crippen LogP contribution in [-0.2, 0) is 4.79 Å². The van der Waals surface area contributed by atoms with Crippen molar-refractivity contribution in [2.24, 2.45) is 5.10 Å². The Labute approximate surface area is 198 Å². The highest BCUT2D eigenvalue weighted by molar-refractivity contribution is 9.10. The summed E-state index contributed by atoms with van der Waals surface area (Å²) < 4.78 is 2.94. The molecule has 4 rings (SSSR count). The van der Waals surface area contributed by atoms with E-state index in [1.54, 1.807) is 12.4 Å². The number of pyridine rings is 1. The van der Waals surface area contributed by atoms with Gasteiger partial charge in [-0.25, -0.2) is 5.43 Å². The van der Waals surface area contributed by atoms with Crippen molar-refractivity contribution in [2.45, 2.75) is 12.1 Å². The van der Waals surface area contributed by atoms with Gasteiger partial charge < -0.3 is 0 Å². The molecule has 0 atom stereocenters. The molecule has 0 fully saturated rings. The van der Waals surface area contributed by atoms with E-state index in [9.17, 15) is 4.79 Å². The summed E-state index contributed by atoms with van der Waals surface area (Å²) in [5.74, 6) is 0.623. The lowest BCUT2D eigenvalue weighted by molar-refractivity contribution is -0.118. The molecule has 0 saturated carbocycles. The average Bonchev–Trinajstić information content (AvgIpc) is 3.26. The summed E-state index contributed by atoms with van der Waals surface area (Å²) in [4.78, 5) is 16.5. The summed E-state index contributed by atoms with van der Waals surface area (Å²) in [5.41, 5.74) is 5.97. The van der Waals surface area contributed by atoms with Crippen LogP contribution in [0.2, 0.25) is 0 Å². The third kappa shape index (κ3) is 5.30. The molecule has 0 aliphatic rings. The van der Waals surface area contributed by atoms with Crippen LogP contribution in [0.5, 0.6) is 0 Å². The number of thioether (sulfide) groups is 1. The molecule has 2 aromatic heterocycles. The lowest BCUT2D eigenvalue weighted by Gasteiger charge is -2.10. The summed E-state index contributed by atoms with van der Waals surface area (Å²) >= 11 is 4.76. The van der Waals surface area contributed by atoms with E-state index in [2.05, 4.69) is 41.6 Å². The minimum Gasteiger partial charge on any atom is -0.272 e. The predicted octanol–water partition coefficient (Wildman–Crippen LogP) is 4.72. The SMILES string of the molecule is C/C(=N/NC(=O)CSc1nnc(-c2ccc(Br)cc2)n1-c1ccccc1)c1cccnc1. The highest BCUT2D eigenvalue weighted by atomic mass is 79.9. The van der Waals surface area contributed by atoms with E-state index in [-0.39, 0.29) is 11.7 Å². The summed E-state index contributed by atoms with van der Waals surface area (Å²) in [7, 11) is 0. The van der Waals surface area contributed by atoms with E-state index in [0.29, 0.717) is 16.7 Å². The number of aromatic nitrogens is 4. The largest absolute Gasteiger partial charge is 0.272 e. The molecule has 1 N–H and O–H groups in total. The fourth-order valence-corrected chi connectivity index (χ4v) is 3.92. The van der Waals surface area contributed by atoms with E-state index < -0.39 is 0 Å². The van der Waals surface area contributed by atoms with Crippen LogP contribution in [0.25, 0.3) is 17.1 Å². The van der Waals surface area contributed by atoms with Crippen molar-refractivity contribution in [2.75, 3.05) is 5.75 Å². The van der Waals surface area contributed by atoms with Gasteiger partial charge in [0.1, 0.15) is 0 Å². The van der Waals surface area contributed by atoms with Gasteiger partial charge in [-0.1, -0.05) is 64.1 Å². The molecule has 160 valence electrons. The highest BCUT2D eigenvalue weighted by Crippen LogP contribution is 2.28. The molecule has 0 aliphatic carbocycles. The Hall–Kier alpha value is -3.30. The average molecular weight is 507 g/mol. The second-order valence-corrected chi connectivity index (χ2v) is 8.60. The smallest absolute Gasteiger partial charge is 0.250 e. The fraction of sp³-hybridized carbons (Fsp3) is 0.0870. The Kier molecular flexibility index (Phi) is 7.08. The minimum absolute atomic E-state index is 0.148. The van der Waals surface area contributed by atoms with Crippen LogP contribution in [-0.4, -0.2) is 37.1 Å². The molecule has 9 heteroatoms. The lowest BCUT2D eigenvalue weighted by atomic mass is 10.2. The Morgan fingerprint density at radius 3 is 2.56 bits per heavy atom. The summed E-state index contributed by atoms with van der Waals surface area (Å²) in [6, 6.07) is 21.4. The monoisotopic (exact) mass is 506 g/mol. The van der Waals surface area contributed by atoms with Gasteiger partial charge in [-0.05, 0) is 37.3 Å². The first kappa shape index (κ1) is 21.9. The minimum atomic E-state index is -0.231. The maximum absolute atomic E-state index is 12.4. The molecule has 32 heavy (non-hydrogen) atoms. The zero-order chi connectivity index (χ0) is 22.3. The zero-order valence-electron chi connectivity index (χ0n) is 17.1. The van der Waals surface area contributed by atoms with E-state index in [1.807, 2.05) is 78.2 Å². The van der Waals surface area contributed by atoms with Gasteiger partial charge in [0.25, 0.3) is 5.91 Å². The van der Waals surface area contributed by atoms with E-state index in [0.717, 1.165) is 21.3 Å². The van der Waals surface area contributed by atoms with Crippen LogP contribution in [0.4, 0.5) is 0 Å². The van der Waals surface area contributed by atoms with Crippen molar-refractivity contribution in [3.8, 4) is 17.1 Å². The maximum atomic E-state index is 12.4. The number of halogens is 1. The molecule has 2 heterocycles. The fourth-order valence-electron chi connectivity index (χ4n) is 2.91. The Bertz CT molecular complexity index is 1230. The van der Waals surface area contributed by atoms with Crippen LogP contribution < -0.4 is 5.43 Å². The summed E-state index contributed by atoms with van der Waals surface area (Å²) in [5, 5.41) is 13.5. The molecule has 0 radical (unpaired) electrons. The third-order valence-electron chi connectivity index (χ3n) is 4.51. The summed E-state index contributed by atoms with van der Waals surface area (Å²) in [6.45, 7) is 1.82. The highest BCUT2D eigenvalue weighted by Gasteiger charge is 2.17. The van der Waals surface area contributed by atoms with Crippen molar-refractivity contribution in [3.05, 3.63) is 89.2 Å². The molecule has 0 unspecified atom stereocenters. The molecular formula is C23H19BrN6OS. The topological polar surface area (TPSA) is 85.1 Å². The van der Waals surface area contributed by atoms with Gasteiger partial charge in [-0.2, -0.15) is 5.10 Å². The molecule has 1 amide bonds. The number of rotatable bonds is 7. The Morgan fingerprint density at radius 2 is 1.84 bits per heavy atom. The number of para-hydroxylation sites is 1. The number of nitrogens with zero attached hydrogens (tertiary/aromatic N) is 5. The van der Waals surface area contributed by atoms with E-state index in [4.69, 9.17) is 0 Å². The van der Waals surface area contributed by atoms with Crippen molar-refractivity contribution in [3.63, 3.8) is 0 Å². The maximum Gasteiger partial charge on any atom is 0.250 e. The first-order valence-corrected chi connectivity index (χ1v) is 11.5. The van der Waals surface area contributed by atoms with E-state index >= 15 is 0 Å². The first-order valence-electron chi connectivity index (χ1n) is 9.75. The van der Waals surface area contributed by atoms with Gasteiger partial charge in [-0.3, -0.25) is 14.3 Å². The normalized spacial score (nSPS) is 11.4. The number of carbonyl (C=O) groups is 1. The second-order valence-electron chi connectivity index (χ2n) is 6.75. The number of carbonyl (C=O) groups excluding carboxylic acids is 1. The molecule has 0 spiro atoms. The predicted molar refractivity (Wildman–Crippen MR) is 130 cm³/mol. The van der Waals surface area contributed by atoms with Crippen molar-refractivity contribution >= 4 is 39.3 Å². The molecule has 7 nitrogen and oxygen atoms in total. The second kappa shape index (κ2) is 10.3. The third-order valence-corrected chi connectivity index (χ3v) is 5.97. The van der Waals surface area contributed by atoms with Gasteiger partial charge in [-0.15, -0.1) is 10.2 Å². The quantitative estimate of drug-likeness (QED) is 0.222. The van der Waals surface area contributed by atoms with Gasteiger partial charge in [0.15, 0.2) is 11.0 Å². The van der Waals surface area contributed by atoms with Crippen molar-refractivity contribution in [1.82, 2.24) is 25.2 Å². The van der Waals surface area contributed by atoms with Gasteiger partial charge in [0.2, 0.25) is 0 Å². The van der Waals surface area contributed by atoms with Crippen molar-refractivity contribution in [1.29, 1.82) is 0 Å². The van der Waals surface area contributed by atoms with Gasteiger partial charge >= 0.3 is 0 Å². The van der Waals surface area contributed by atoms with Gasteiger partial charge in [0, 0.05) is 33.7 Å². The molecular weight excluding hydrogens is 488 g/mol. The standard InChI is InChI=1S/C23H19BrN6OS/c1-16(18-6-5-13-25-14-18)26-27-21(31)15-32-23-29-28-22(17-9-11-19(24)12-10-17)30(23)20-7-3-2-4-8-20/h2-14H,15H2,1H3,(H,27,31)/b26-16-. The number of benzene rings is 2. The Balaban J connectivity index is 1.52. The van der Waals surface area contributed by atoms with E-state index in [1.165, 1.54) is 11.8 Å². The molecule has 0 aliphatic heterocycles. The Morgan fingerprint density at radius 1 is 1.06 bits per heavy atom. The number of hydrazone groups is 1. The van der Waals surface area contributed by atoms with Crippen LogP contribution in [0.3, 0.4) is 0 Å². The zero-order valence-corrected chi connectivity index (χ0v) is 19.5.